The van der Waals surface area contributed by atoms with Gasteiger partial charge in [0.2, 0.25) is 0 Å². The van der Waals surface area contributed by atoms with Crippen LogP contribution in [0.1, 0.15) is 46.5 Å². The predicted molar refractivity (Wildman–Crippen MR) is 57.5 cm³/mol. The Morgan fingerprint density at radius 2 is 2.15 bits per heavy atom. The molecule has 1 saturated carbocycles. The van der Waals surface area contributed by atoms with Crippen LogP contribution in [0.15, 0.2) is 0 Å². The van der Waals surface area contributed by atoms with Crippen LogP contribution in [0.4, 0.5) is 0 Å². The van der Waals surface area contributed by atoms with Crippen molar-refractivity contribution in [3.8, 4) is 12.3 Å². The average Bonchev–Trinajstić information content (AvgIpc) is 1.96. The van der Waals surface area contributed by atoms with Crippen molar-refractivity contribution in [3.05, 3.63) is 0 Å². The van der Waals surface area contributed by atoms with Gasteiger partial charge < -0.3 is 0 Å². The van der Waals surface area contributed by atoms with Gasteiger partial charge in [-0.25, -0.2) is 0 Å². The lowest BCUT2D eigenvalue weighted by Crippen LogP contribution is -2.44. The Balaban J connectivity index is 2.24. The zero-order valence-corrected chi connectivity index (χ0v) is 9.06. The van der Waals surface area contributed by atoms with Crippen LogP contribution in [-0.2, 0) is 0 Å². The lowest BCUT2D eigenvalue weighted by Gasteiger charge is -2.32. The molecule has 1 heteroatoms. The van der Waals surface area contributed by atoms with Gasteiger partial charge in [0.05, 0.1) is 5.54 Å². The minimum Gasteiger partial charge on any atom is -0.299 e. The van der Waals surface area contributed by atoms with E-state index in [0.29, 0.717) is 6.04 Å². The highest BCUT2D eigenvalue weighted by atomic mass is 15.0. The molecule has 1 nitrogen and oxygen atoms in total. The summed E-state index contributed by atoms with van der Waals surface area (Å²) < 4.78 is 0. The van der Waals surface area contributed by atoms with Gasteiger partial charge in [-0.15, -0.1) is 6.42 Å². The minimum absolute atomic E-state index is 0.150. The fraction of sp³-hybridized carbons (Fsp3) is 0.833. The molecule has 1 N–H and O–H groups in total. The van der Waals surface area contributed by atoms with E-state index < -0.39 is 0 Å². The maximum absolute atomic E-state index is 5.42. The fourth-order valence-corrected chi connectivity index (χ4v) is 1.95. The van der Waals surface area contributed by atoms with Crippen LogP contribution >= 0.6 is 0 Å². The Bertz CT molecular complexity index is 196. The predicted octanol–water partition coefficient (Wildman–Crippen LogP) is 2.57. The van der Waals surface area contributed by atoms with Gasteiger partial charge in [-0.2, -0.15) is 0 Å². The van der Waals surface area contributed by atoms with E-state index in [-0.39, 0.29) is 5.54 Å². The minimum atomic E-state index is -0.150. The Kier molecular flexibility index (Phi) is 3.39. The molecule has 1 aliphatic rings. The van der Waals surface area contributed by atoms with Gasteiger partial charge in [-0.3, -0.25) is 5.32 Å². The summed E-state index contributed by atoms with van der Waals surface area (Å²) in [5, 5.41) is 3.47. The molecule has 0 radical (unpaired) electrons. The molecule has 0 amide bonds. The van der Waals surface area contributed by atoms with Crippen molar-refractivity contribution in [2.45, 2.75) is 58.0 Å². The summed E-state index contributed by atoms with van der Waals surface area (Å²) in [5.74, 6) is 3.73. The molecular weight excluding hydrogens is 158 g/mol. The van der Waals surface area contributed by atoms with Crippen LogP contribution in [0.5, 0.6) is 0 Å². The van der Waals surface area contributed by atoms with E-state index in [1.54, 1.807) is 0 Å². The first-order chi connectivity index (χ1) is 6.03. The highest BCUT2D eigenvalue weighted by Crippen LogP contribution is 2.30. The number of rotatable bonds is 4. The van der Waals surface area contributed by atoms with Crippen molar-refractivity contribution in [1.29, 1.82) is 0 Å². The second-order valence-corrected chi connectivity index (χ2v) is 4.85. The largest absolute Gasteiger partial charge is 0.299 e. The molecule has 13 heavy (non-hydrogen) atoms. The molecule has 0 aromatic rings. The number of hydrogen-bond acceptors (Lipinski definition) is 1. The summed E-state index contributed by atoms with van der Waals surface area (Å²) in [6.45, 7) is 6.35. The molecule has 1 fully saturated rings. The summed E-state index contributed by atoms with van der Waals surface area (Å²) in [6.07, 6.45) is 11.0. The molecule has 1 aliphatic carbocycles. The zero-order chi connectivity index (χ0) is 9.90. The maximum atomic E-state index is 5.42. The average molecular weight is 179 g/mol. The van der Waals surface area contributed by atoms with Crippen LogP contribution in [0, 0.1) is 18.3 Å². The van der Waals surface area contributed by atoms with Crippen molar-refractivity contribution in [1.82, 2.24) is 5.32 Å². The van der Waals surface area contributed by atoms with E-state index in [1.807, 2.05) is 0 Å². The normalized spacial score (nSPS) is 20.5. The van der Waals surface area contributed by atoms with Crippen molar-refractivity contribution in [2.75, 3.05) is 0 Å². The molecule has 0 aliphatic heterocycles. The molecule has 74 valence electrons. The quantitative estimate of drug-likeness (QED) is 0.654. The lowest BCUT2D eigenvalue weighted by atomic mass is 9.81. The molecule has 1 atom stereocenters. The van der Waals surface area contributed by atoms with Crippen molar-refractivity contribution in [2.24, 2.45) is 5.92 Å². The lowest BCUT2D eigenvalue weighted by molar-refractivity contribution is 0.253. The molecule has 0 spiro atoms. The molecule has 0 aromatic heterocycles. The highest BCUT2D eigenvalue weighted by Gasteiger charge is 2.23. The van der Waals surface area contributed by atoms with Gasteiger partial charge in [-0.05, 0) is 33.1 Å². The number of nitrogens with one attached hydrogen (secondary N) is 1. The Labute approximate surface area is 82.3 Å². The van der Waals surface area contributed by atoms with E-state index >= 15 is 0 Å². The Morgan fingerprint density at radius 1 is 1.54 bits per heavy atom. The van der Waals surface area contributed by atoms with Crippen molar-refractivity contribution < 1.29 is 0 Å². The van der Waals surface area contributed by atoms with Crippen LogP contribution in [-0.4, -0.2) is 11.6 Å². The van der Waals surface area contributed by atoms with Gasteiger partial charge in [0.1, 0.15) is 0 Å². The molecule has 0 aromatic carbocycles. The van der Waals surface area contributed by atoms with Crippen LogP contribution < -0.4 is 5.32 Å². The van der Waals surface area contributed by atoms with Crippen LogP contribution in [0.25, 0.3) is 0 Å². The zero-order valence-electron chi connectivity index (χ0n) is 9.06. The highest BCUT2D eigenvalue weighted by molar-refractivity contribution is 5.08. The first-order valence-corrected chi connectivity index (χ1v) is 5.29. The van der Waals surface area contributed by atoms with Gasteiger partial charge >= 0.3 is 0 Å². The molecule has 1 rings (SSSR count). The molecule has 1 unspecified atom stereocenters. The summed E-state index contributed by atoms with van der Waals surface area (Å²) in [6, 6.07) is 0.552. The monoisotopic (exact) mass is 179 g/mol. The third-order valence-electron chi connectivity index (χ3n) is 2.88. The van der Waals surface area contributed by atoms with Crippen molar-refractivity contribution in [3.63, 3.8) is 0 Å². The molecular formula is C12H21N. The van der Waals surface area contributed by atoms with E-state index in [2.05, 4.69) is 32.0 Å². The Morgan fingerprint density at radius 3 is 2.54 bits per heavy atom. The van der Waals surface area contributed by atoms with Gasteiger partial charge in [0, 0.05) is 6.04 Å². The first-order valence-electron chi connectivity index (χ1n) is 5.29. The van der Waals surface area contributed by atoms with Gasteiger partial charge in [-0.1, -0.05) is 25.2 Å². The van der Waals surface area contributed by atoms with Crippen LogP contribution in [0.3, 0.4) is 0 Å². The summed E-state index contributed by atoms with van der Waals surface area (Å²) >= 11 is 0. The van der Waals surface area contributed by atoms with Crippen molar-refractivity contribution >= 4 is 0 Å². The van der Waals surface area contributed by atoms with E-state index in [0.717, 1.165) is 5.92 Å². The summed E-state index contributed by atoms with van der Waals surface area (Å²) in [7, 11) is 0. The van der Waals surface area contributed by atoms with Gasteiger partial charge in [0.15, 0.2) is 0 Å². The summed E-state index contributed by atoms with van der Waals surface area (Å²) in [5.41, 5.74) is -0.150. The molecule has 0 bridgehead atoms. The second kappa shape index (κ2) is 4.15. The SMILES string of the molecule is C#CC(C)(C)NC(C)CC1CCC1. The van der Waals surface area contributed by atoms with E-state index in [1.165, 1.54) is 25.7 Å². The van der Waals surface area contributed by atoms with E-state index in [4.69, 9.17) is 6.42 Å². The number of terminal acetylenes is 1. The number of hydrogen-bond donors (Lipinski definition) is 1. The molecule has 0 saturated heterocycles. The topological polar surface area (TPSA) is 12.0 Å². The smallest absolute Gasteiger partial charge is 0.0743 e. The third-order valence-corrected chi connectivity index (χ3v) is 2.88. The second-order valence-electron chi connectivity index (χ2n) is 4.85. The summed E-state index contributed by atoms with van der Waals surface area (Å²) in [4.78, 5) is 0. The van der Waals surface area contributed by atoms with Gasteiger partial charge in [0.25, 0.3) is 0 Å². The molecule has 0 heterocycles. The standard InChI is InChI=1S/C12H21N/c1-5-12(3,4)13-10(2)9-11-7-6-8-11/h1,10-11,13H,6-9H2,2-4H3. The van der Waals surface area contributed by atoms with E-state index in [9.17, 15) is 0 Å². The first kappa shape index (κ1) is 10.6. The fourth-order valence-electron chi connectivity index (χ4n) is 1.95. The third kappa shape index (κ3) is 3.40. The van der Waals surface area contributed by atoms with Crippen LogP contribution in [0.2, 0.25) is 0 Å². The Hall–Kier alpha value is -0.480. The maximum Gasteiger partial charge on any atom is 0.0743 e.